The summed E-state index contributed by atoms with van der Waals surface area (Å²) in [5.74, 6) is -0.826. The fraction of sp³-hybridized carbons (Fsp3) is 0.308. The van der Waals surface area contributed by atoms with Crippen molar-refractivity contribution in [3.63, 3.8) is 0 Å². The molecule has 6 heteroatoms. The van der Waals surface area contributed by atoms with E-state index in [-0.39, 0.29) is 5.91 Å². The van der Waals surface area contributed by atoms with Crippen molar-refractivity contribution >= 4 is 17.9 Å². The molecule has 1 aliphatic heterocycles. The average molecular weight is 260 g/mol. The average Bonchev–Trinajstić information content (AvgIpc) is 2.90. The Hall–Kier alpha value is -2.37. The monoisotopic (exact) mass is 260 g/mol. The van der Waals surface area contributed by atoms with Crippen LogP contribution in [0.4, 0.5) is 4.79 Å². The summed E-state index contributed by atoms with van der Waals surface area (Å²) in [5.41, 5.74) is 0.983. The summed E-state index contributed by atoms with van der Waals surface area (Å²) in [6.45, 7) is 0. The van der Waals surface area contributed by atoms with Crippen molar-refractivity contribution in [2.75, 3.05) is 7.11 Å². The molecule has 1 aromatic carbocycles. The molecule has 98 valence electrons. The third kappa shape index (κ3) is 1.53. The van der Waals surface area contributed by atoms with E-state index < -0.39 is 17.5 Å². The standard InChI is InChI=1S/C13H12N2O4/c1-19-10(16)8-3-2-7-4-5-13(9(7)6-8)11(17)14-12(18)15-13/h2-3,6H,4-5H2,1H3,(H2,14,15,17,18). The third-order valence-corrected chi connectivity index (χ3v) is 3.70. The Kier molecular flexibility index (Phi) is 2.35. The van der Waals surface area contributed by atoms with Crippen molar-refractivity contribution in [3.8, 4) is 0 Å². The van der Waals surface area contributed by atoms with Gasteiger partial charge in [-0.3, -0.25) is 10.1 Å². The lowest BCUT2D eigenvalue weighted by molar-refractivity contribution is -0.124. The van der Waals surface area contributed by atoms with Gasteiger partial charge in [-0.2, -0.15) is 0 Å². The lowest BCUT2D eigenvalue weighted by Gasteiger charge is -2.21. The Morgan fingerprint density at radius 1 is 1.37 bits per heavy atom. The van der Waals surface area contributed by atoms with Gasteiger partial charge in [0.25, 0.3) is 5.91 Å². The molecular weight excluding hydrogens is 248 g/mol. The molecule has 1 spiro atoms. The molecule has 0 saturated carbocycles. The summed E-state index contributed by atoms with van der Waals surface area (Å²) >= 11 is 0. The molecule has 1 saturated heterocycles. The highest BCUT2D eigenvalue weighted by atomic mass is 16.5. The van der Waals surface area contributed by atoms with Crippen molar-refractivity contribution in [1.29, 1.82) is 0 Å². The van der Waals surface area contributed by atoms with Crippen molar-refractivity contribution in [3.05, 3.63) is 34.9 Å². The number of ether oxygens (including phenoxy) is 1. The first-order valence-corrected chi connectivity index (χ1v) is 5.92. The van der Waals surface area contributed by atoms with E-state index in [1.165, 1.54) is 7.11 Å². The number of nitrogens with one attached hydrogen (secondary N) is 2. The molecule has 1 heterocycles. The molecular formula is C13H12N2O4. The minimum atomic E-state index is -1.03. The van der Waals surface area contributed by atoms with Crippen molar-refractivity contribution < 1.29 is 19.1 Å². The van der Waals surface area contributed by atoms with E-state index in [1.807, 2.05) is 0 Å². The van der Waals surface area contributed by atoms with Crippen LogP contribution in [0.25, 0.3) is 0 Å². The van der Waals surface area contributed by atoms with Gasteiger partial charge in [0.15, 0.2) is 0 Å². The van der Waals surface area contributed by atoms with E-state index in [2.05, 4.69) is 15.4 Å². The third-order valence-electron chi connectivity index (χ3n) is 3.70. The number of aryl methyl sites for hydroxylation is 1. The molecule has 0 radical (unpaired) electrons. The molecule has 1 aromatic rings. The largest absolute Gasteiger partial charge is 0.465 e. The molecule has 6 nitrogen and oxygen atoms in total. The second kappa shape index (κ2) is 3.81. The van der Waals surface area contributed by atoms with E-state index in [0.717, 1.165) is 5.56 Å². The first-order valence-electron chi connectivity index (χ1n) is 5.92. The van der Waals surface area contributed by atoms with Gasteiger partial charge < -0.3 is 10.1 Å². The maximum atomic E-state index is 12.0. The predicted octanol–water partition coefficient (Wildman–Crippen LogP) is 0.454. The number of imide groups is 1. The van der Waals surface area contributed by atoms with E-state index in [9.17, 15) is 14.4 Å². The normalized spacial score (nSPS) is 24.1. The van der Waals surface area contributed by atoms with Crippen LogP contribution in [0.15, 0.2) is 18.2 Å². The number of amides is 3. The van der Waals surface area contributed by atoms with Crippen molar-refractivity contribution in [2.24, 2.45) is 0 Å². The fourth-order valence-electron chi connectivity index (χ4n) is 2.75. The molecule has 1 aliphatic carbocycles. The fourth-order valence-corrected chi connectivity index (χ4v) is 2.75. The Balaban J connectivity index is 2.11. The summed E-state index contributed by atoms with van der Waals surface area (Å²) < 4.78 is 4.67. The van der Waals surface area contributed by atoms with Gasteiger partial charge in [0, 0.05) is 0 Å². The molecule has 1 fully saturated rings. The Morgan fingerprint density at radius 2 is 2.16 bits per heavy atom. The molecule has 1 unspecified atom stereocenters. The van der Waals surface area contributed by atoms with Crippen molar-refractivity contribution in [2.45, 2.75) is 18.4 Å². The Morgan fingerprint density at radius 3 is 2.79 bits per heavy atom. The first-order chi connectivity index (χ1) is 9.06. The second-order valence-electron chi connectivity index (χ2n) is 4.68. The zero-order valence-corrected chi connectivity index (χ0v) is 10.3. The topological polar surface area (TPSA) is 84.5 Å². The lowest BCUT2D eigenvalue weighted by atomic mass is 9.91. The quantitative estimate of drug-likeness (QED) is 0.567. The zero-order chi connectivity index (χ0) is 13.6. The number of benzene rings is 1. The van der Waals surface area contributed by atoms with Crippen LogP contribution in [0.2, 0.25) is 0 Å². The minimum Gasteiger partial charge on any atom is -0.465 e. The van der Waals surface area contributed by atoms with Gasteiger partial charge in [-0.15, -0.1) is 0 Å². The van der Waals surface area contributed by atoms with Crippen LogP contribution in [0.1, 0.15) is 27.9 Å². The van der Waals surface area contributed by atoms with Crippen molar-refractivity contribution in [1.82, 2.24) is 10.6 Å². The highest BCUT2D eigenvalue weighted by Gasteiger charge is 2.51. The number of methoxy groups -OCH3 is 1. The van der Waals surface area contributed by atoms with Gasteiger partial charge in [-0.25, -0.2) is 9.59 Å². The molecule has 2 aliphatic rings. The number of hydrogen-bond donors (Lipinski definition) is 2. The van der Waals surface area contributed by atoms with Crippen LogP contribution in [0, 0.1) is 0 Å². The van der Waals surface area contributed by atoms with Crippen LogP contribution in [0.3, 0.4) is 0 Å². The number of carbonyl (C=O) groups is 3. The van der Waals surface area contributed by atoms with E-state index >= 15 is 0 Å². The van der Waals surface area contributed by atoms with Crippen LogP contribution < -0.4 is 10.6 Å². The summed E-state index contributed by atoms with van der Waals surface area (Å²) in [6.07, 6.45) is 1.19. The zero-order valence-electron chi connectivity index (χ0n) is 10.3. The maximum Gasteiger partial charge on any atom is 0.337 e. The lowest BCUT2D eigenvalue weighted by Crippen LogP contribution is -2.41. The van der Waals surface area contributed by atoms with E-state index in [1.54, 1.807) is 18.2 Å². The smallest absolute Gasteiger partial charge is 0.337 e. The number of rotatable bonds is 1. The van der Waals surface area contributed by atoms with E-state index in [4.69, 9.17) is 0 Å². The van der Waals surface area contributed by atoms with Gasteiger partial charge in [0.05, 0.1) is 12.7 Å². The molecule has 3 rings (SSSR count). The van der Waals surface area contributed by atoms with Gasteiger partial charge in [0.1, 0.15) is 5.54 Å². The van der Waals surface area contributed by atoms with Gasteiger partial charge in [0.2, 0.25) is 0 Å². The van der Waals surface area contributed by atoms with Gasteiger partial charge >= 0.3 is 12.0 Å². The number of hydrogen-bond acceptors (Lipinski definition) is 4. The summed E-state index contributed by atoms with van der Waals surface area (Å²) in [5, 5.41) is 4.92. The molecule has 3 amide bonds. The van der Waals surface area contributed by atoms with Crippen LogP contribution in [-0.4, -0.2) is 25.0 Å². The Bertz CT molecular complexity index is 611. The molecule has 19 heavy (non-hydrogen) atoms. The first kappa shape index (κ1) is 11.7. The van der Waals surface area contributed by atoms with Crippen LogP contribution in [0.5, 0.6) is 0 Å². The molecule has 2 N–H and O–H groups in total. The van der Waals surface area contributed by atoms with Crippen LogP contribution >= 0.6 is 0 Å². The summed E-state index contributed by atoms with van der Waals surface area (Å²) in [6, 6.07) is 4.59. The molecule has 0 bridgehead atoms. The highest BCUT2D eigenvalue weighted by molar-refractivity contribution is 6.08. The summed E-state index contributed by atoms with van der Waals surface area (Å²) in [4.78, 5) is 34.9. The van der Waals surface area contributed by atoms with Gasteiger partial charge in [-0.05, 0) is 36.1 Å². The van der Waals surface area contributed by atoms with E-state index in [0.29, 0.717) is 24.0 Å². The maximum absolute atomic E-state index is 12.0. The number of esters is 1. The van der Waals surface area contributed by atoms with Gasteiger partial charge in [-0.1, -0.05) is 6.07 Å². The minimum absolute atomic E-state index is 0.363. The second-order valence-corrected chi connectivity index (χ2v) is 4.68. The van der Waals surface area contributed by atoms with Crippen LogP contribution in [-0.2, 0) is 21.5 Å². The number of carbonyl (C=O) groups excluding carboxylic acids is 3. The summed E-state index contributed by atoms with van der Waals surface area (Å²) in [7, 11) is 1.30. The Labute approximate surface area is 109 Å². The molecule has 0 aromatic heterocycles. The number of fused-ring (bicyclic) bond motifs is 2. The highest BCUT2D eigenvalue weighted by Crippen LogP contribution is 2.39. The number of urea groups is 1. The predicted molar refractivity (Wildman–Crippen MR) is 64.5 cm³/mol. The molecule has 1 atom stereocenters. The SMILES string of the molecule is COC(=O)c1ccc2c(c1)C1(CC2)NC(=O)NC1=O.